The molecule has 1 aromatic heterocycles. The van der Waals surface area contributed by atoms with Crippen LogP contribution < -0.4 is 5.32 Å². The molecule has 0 aliphatic carbocycles. The summed E-state index contributed by atoms with van der Waals surface area (Å²) in [7, 11) is 1.88. The molecule has 4 heteroatoms. The van der Waals surface area contributed by atoms with Crippen LogP contribution in [0.25, 0.3) is 0 Å². The number of aromatic amines is 1. The van der Waals surface area contributed by atoms with Crippen LogP contribution in [0.3, 0.4) is 0 Å². The lowest BCUT2D eigenvalue weighted by Crippen LogP contribution is -2.17. The molecule has 1 aromatic rings. The summed E-state index contributed by atoms with van der Waals surface area (Å²) >= 11 is 0. The van der Waals surface area contributed by atoms with Crippen LogP contribution in [0, 0.1) is 12.3 Å². The molecule has 0 aliphatic rings. The molecule has 64 valence electrons. The van der Waals surface area contributed by atoms with Crippen molar-refractivity contribution in [2.75, 3.05) is 7.05 Å². The summed E-state index contributed by atoms with van der Waals surface area (Å²) in [5.41, 5.74) is 0. The largest absolute Gasteiger partial charge is 0.310 e. The zero-order valence-electron chi connectivity index (χ0n) is 7.04. The summed E-state index contributed by atoms with van der Waals surface area (Å²) in [5, 5.41) is 9.69. The zero-order chi connectivity index (χ0) is 8.81. The van der Waals surface area contributed by atoms with E-state index in [-0.39, 0.29) is 6.04 Å². The molecule has 1 atom stereocenters. The highest BCUT2D eigenvalue weighted by molar-refractivity contribution is 4.94. The van der Waals surface area contributed by atoms with Gasteiger partial charge in [-0.15, -0.1) is 12.3 Å². The second kappa shape index (κ2) is 4.52. The van der Waals surface area contributed by atoms with Gasteiger partial charge in [0.05, 0.1) is 6.04 Å². The van der Waals surface area contributed by atoms with E-state index in [1.165, 1.54) is 6.33 Å². The molecule has 12 heavy (non-hydrogen) atoms. The van der Waals surface area contributed by atoms with E-state index in [2.05, 4.69) is 26.4 Å². The fourth-order valence-corrected chi connectivity index (χ4v) is 1.03. The summed E-state index contributed by atoms with van der Waals surface area (Å²) in [4.78, 5) is 4.04. The molecule has 1 heterocycles. The van der Waals surface area contributed by atoms with E-state index in [9.17, 15) is 0 Å². The summed E-state index contributed by atoms with van der Waals surface area (Å²) in [6.45, 7) is 0. The van der Waals surface area contributed by atoms with Crippen molar-refractivity contribution >= 4 is 0 Å². The van der Waals surface area contributed by atoms with Crippen molar-refractivity contribution in [2.45, 2.75) is 18.9 Å². The number of hydrogen-bond donors (Lipinski definition) is 2. The number of H-pyrrole nitrogens is 1. The molecular formula is C8H12N4. The van der Waals surface area contributed by atoms with Crippen LogP contribution in [-0.4, -0.2) is 22.2 Å². The van der Waals surface area contributed by atoms with Gasteiger partial charge < -0.3 is 5.32 Å². The first-order valence-electron chi connectivity index (χ1n) is 3.84. The monoisotopic (exact) mass is 164 g/mol. The lowest BCUT2D eigenvalue weighted by atomic mass is 10.1. The molecule has 1 rings (SSSR count). The Morgan fingerprint density at radius 3 is 3.17 bits per heavy atom. The first-order valence-corrected chi connectivity index (χ1v) is 3.84. The van der Waals surface area contributed by atoms with Gasteiger partial charge in [0.15, 0.2) is 0 Å². The Bertz CT molecular complexity index is 247. The van der Waals surface area contributed by atoms with Gasteiger partial charge in [-0.3, -0.25) is 5.10 Å². The molecule has 0 spiro atoms. The predicted octanol–water partition coefficient (Wildman–Crippen LogP) is 0.479. The second-order valence-electron chi connectivity index (χ2n) is 2.45. The number of terminal acetylenes is 1. The van der Waals surface area contributed by atoms with Crippen LogP contribution in [0.15, 0.2) is 6.33 Å². The minimum Gasteiger partial charge on any atom is -0.310 e. The number of nitrogens with zero attached hydrogens (tertiary/aromatic N) is 2. The maximum atomic E-state index is 5.16. The number of hydrogen-bond acceptors (Lipinski definition) is 3. The third kappa shape index (κ3) is 2.07. The number of aromatic nitrogens is 3. The molecule has 0 amide bonds. The lowest BCUT2D eigenvalue weighted by molar-refractivity contribution is 0.530. The highest BCUT2D eigenvalue weighted by Gasteiger charge is 2.09. The van der Waals surface area contributed by atoms with E-state index in [1.807, 2.05) is 7.05 Å². The molecule has 2 N–H and O–H groups in total. The number of rotatable bonds is 4. The quantitative estimate of drug-likeness (QED) is 0.636. The zero-order valence-corrected chi connectivity index (χ0v) is 7.04. The van der Waals surface area contributed by atoms with E-state index in [4.69, 9.17) is 6.42 Å². The Hall–Kier alpha value is -1.34. The van der Waals surface area contributed by atoms with Gasteiger partial charge in [0.25, 0.3) is 0 Å². The first-order chi connectivity index (χ1) is 5.88. The molecule has 0 radical (unpaired) electrons. The normalized spacial score (nSPS) is 12.3. The van der Waals surface area contributed by atoms with Gasteiger partial charge in [0, 0.05) is 6.42 Å². The maximum Gasteiger partial charge on any atom is 0.141 e. The van der Waals surface area contributed by atoms with Crippen LogP contribution in [0.1, 0.15) is 24.7 Å². The van der Waals surface area contributed by atoms with E-state index < -0.39 is 0 Å². The molecule has 1 unspecified atom stereocenters. The molecule has 4 nitrogen and oxygen atoms in total. The summed E-state index contributed by atoms with van der Waals surface area (Å²) in [5.74, 6) is 3.43. The van der Waals surface area contributed by atoms with Crippen molar-refractivity contribution in [1.82, 2.24) is 20.5 Å². The van der Waals surface area contributed by atoms with E-state index in [1.54, 1.807) is 0 Å². The Morgan fingerprint density at radius 2 is 2.67 bits per heavy atom. The summed E-state index contributed by atoms with van der Waals surface area (Å²) in [6, 6.07) is 0.184. The topological polar surface area (TPSA) is 53.6 Å². The van der Waals surface area contributed by atoms with Crippen molar-refractivity contribution in [2.24, 2.45) is 0 Å². The Labute approximate surface area is 71.8 Å². The highest BCUT2D eigenvalue weighted by Crippen LogP contribution is 2.11. The molecule has 0 bridgehead atoms. The van der Waals surface area contributed by atoms with Crippen molar-refractivity contribution in [3.63, 3.8) is 0 Å². The molecular weight excluding hydrogens is 152 g/mol. The van der Waals surface area contributed by atoms with Crippen LogP contribution in [0.2, 0.25) is 0 Å². The third-order valence-corrected chi connectivity index (χ3v) is 1.69. The standard InChI is InChI=1S/C8H12N4/c1-3-4-5-7(9-2)8-10-6-11-12-8/h1,6-7,9H,4-5H2,2H3,(H,10,11,12). The van der Waals surface area contributed by atoms with Gasteiger partial charge in [0.1, 0.15) is 12.2 Å². The Balaban J connectivity index is 2.52. The lowest BCUT2D eigenvalue weighted by Gasteiger charge is -2.10. The summed E-state index contributed by atoms with van der Waals surface area (Å²) in [6.07, 6.45) is 8.28. The maximum absolute atomic E-state index is 5.16. The molecule has 0 saturated heterocycles. The minimum absolute atomic E-state index is 0.184. The van der Waals surface area contributed by atoms with Crippen molar-refractivity contribution in [3.8, 4) is 12.3 Å². The number of nitrogens with one attached hydrogen (secondary N) is 2. The average molecular weight is 164 g/mol. The van der Waals surface area contributed by atoms with Crippen LogP contribution in [0.5, 0.6) is 0 Å². The third-order valence-electron chi connectivity index (χ3n) is 1.69. The minimum atomic E-state index is 0.184. The van der Waals surface area contributed by atoms with Crippen LogP contribution in [-0.2, 0) is 0 Å². The SMILES string of the molecule is C#CCCC(NC)c1ncn[nH]1. The van der Waals surface area contributed by atoms with Gasteiger partial charge in [-0.05, 0) is 13.5 Å². The van der Waals surface area contributed by atoms with Gasteiger partial charge in [-0.25, -0.2) is 4.98 Å². The fourth-order valence-electron chi connectivity index (χ4n) is 1.03. The van der Waals surface area contributed by atoms with Gasteiger partial charge >= 0.3 is 0 Å². The van der Waals surface area contributed by atoms with E-state index >= 15 is 0 Å². The predicted molar refractivity (Wildman–Crippen MR) is 46.3 cm³/mol. The van der Waals surface area contributed by atoms with Gasteiger partial charge in [-0.2, -0.15) is 5.10 Å². The van der Waals surface area contributed by atoms with Crippen LogP contribution in [0.4, 0.5) is 0 Å². The van der Waals surface area contributed by atoms with Crippen molar-refractivity contribution in [3.05, 3.63) is 12.2 Å². The molecule has 0 fully saturated rings. The first kappa shape index (κ1) is 8.75. The Morgan fingerprint density at radius 1 is 1.83 bits per heavy atom. The van der Waals surface area contributed by atoms with Crippen LogP contribution >= 0.6 is 0 Å². The van der Waals surface area contributed by atoms with Gasteiger partial charge in [0.2, 0.25) is 0 Å². The van der Waals surface area contributed by atoms with Gasteiger partial charge in [-0.1, -0.05) is 0 Å². The molecule has 0 aliphatic heterocycles. The molecule has 0 saturated carbocycles. The smallest absolute Gasteiger partial charge is 0.141 e. The highest BCUT2D eigenvalue weighted by atomic mass is 15.2. The molecule has 0 aromatic carbocycles. The Kier molecular flexibility index (Phi) is 3.30. The van der Waals surface area contributed by atoms with E-state index in [0.29, 0.717) is 0 Å². The second-order valence-corrected chi connectivity index (χ2v) is 2.45. The van der Waals surface area contributed by atoms with E-state index in [0.717, 1.165) is 18.7 Å². The van der Waals surface area contributed by atoms with Crippen molar-refractivity contribution < 1.29 is 0 Å². The fraction of sp³-hybridized carbons (Fsp3) is 0.500. The average Bonchev–Trinajstić information content (AvgIpc) is 2.59. The van der Waals surface area contributed by atoms with Crippen molar-refractivity contribution in [1.29, 1.82) is 0 Å². The summed E-state index contributed by atoms with van der Waals surface area (Å²) < 4.78 is 0.